The molecule has 0 saturated heterocycles. The van der Waals surface area contributed by atoms with E-state index in [0.717, 1.165) is 0 Å². The third kappa shape index (κ3) is 4.60. The minimum atomic E-state index is -0.602. The molecule has 1 amide bonds. The van der Waals surface area contributed by atoms with E-state index < -0.39 is 11.9 Å². The van der Waals surface area contributed by atoms with Gasteiger partial charge in [0.15, 0.2) is 6.61 Å². The number of rotatable bonds is 7. The number of benzene rings is 1. The molecule has 0 unspecified atom stereocenters. The quantitative estimate of drug-likeness (QED) is 0.794. The third-order valence-corrected chi connectivity index (χ3v) is 3.09. The van der Waals surface area contributed by atoms with Crippen LogP contribution in [0.1, 0.15) is 36.0 Å². The molecular weight excluding hydrogens is 298 g/mol. The highest BCUT2D eigenvalue weighted by Gasteiger charge is 2.17. The zero-order chi connectivity index (χ0) is 16.7. The lowest BCUT2D eigenvalue weighted by atomic mass is 10.2. The number of esters is 1. The van der Waals surface area contributed by atoms with Gasteiger partial charge >= 0.3 is 5.97 Å². The second-order valence-corrected chi connectivity index (χ2v) is 4.81. The molecule has 1 aromatic carbocycles. The van der Waals surface area contributed by atoms with Crippen LogP contribution in [-0.4, -0.2) is 25.1 Å². The Morgan fingerprint density at radius 3 is 2.70 bits per heavy atom. The molecule has 1 heterocycles. The predicted molar refractivity (Wildman–Crippen MR) is 83.2 cm³/mol. The molecule has 6 nitrogen and oxygen atoms in total. The standard InChI is InChI=1S/C17H19NO5/c1-3-21-15-8-5-4-7-13(15)17(20)23-11-16(19)18-12(2)14-9-6-10-22-14/h4-10,12H,3,11H2,1-2H3,(H,18,19)/t12-/m0/s1. The molecule has 0 fully saturated rings. The first-order chi connectivity index (χ1) is 11.1. The minimum Gasteiger partial charge on any atom is -0.493 e. The molecule has 0 spiro atoms. The van der Waals surface area contributed by atoms with Gasteiger partial charge < -0.3 is 19.2 Å². The zero-order valence-corrected chi connectivity index (χ0v) is 13.1. The molecule has 6 heteroatoms. The fraction of sp³-hybridized carbons (Fsp3) is 0.294. The fourth-order valence-electron chi connectivity index (χ4n) is 2.02. The molecule has 2 aromatic rings. The van der Waals surface area contributed by atoms with Crippen LogP contribution in [0.5, 0.6) is 5.75 Å². The Labute approximate surface area is 134 Å². The van der Waals surface area contributed by atoms with Crippen molar-refractivity contribution in [2.75, 3.05) is 13.2 Å². The summed E-state index contributed by atoms with van der Waals surface area (Å²) >= 11 is 0. The summed E-state index contributed by atoms with van der Waals surface area (Å²) in [6, 6.07) is 9.94. The number of carbonyl (C=O) groups excluding carboxylic acids is 2. The van der Waals surface area contributed by atoms with Crippen molar-refractivity contribution >= 4 is 11.9 Å². The van der Waals surface area contributed by atoms with Crippen LogP contribution < -0.4 is 10.1 Å². The second-order valence-electron chi connectivity index (χ2n) is 4.81. The Morgan fingerprint density at radius 1 is 1.22 bits per heavy atom. The maximum atomic E-state index is 12.1. The summed E-state index contributed by atoms with van der Waals surface area (Å²) in [5.74, 6) is 0.0572. The van der Waals surface area contributed by atoms with Gasteiger partial charge in [0.05, 0.1) is 18.9 Å². The number of hydrogen-bond donors (Lipinski definition) is 1. The Balaban J connectivity index is 1.88. The van der Waals surface area contributed by atoms with Crippen molar-refractivity contribution in [2.24, 2.45) is 0 Å². The highest BCUT2D eigenvalue weighted by Crippen LogP contribution is 2.19. The van der Waals surface area contributed by atoms with E-state index >= 15 is 0 Å². The average molecular weight is 317 g/mol. The number of nitrogens with one attached hydrogen (secondary N) is 1. The summed E-state index contributed by atoms with van der Waals surface area (Å²) in [4.78, 5) is 23.9. The fourth-order valence-corrected chi connectivity index (χ4v) is 2.02. The predicted octanol–water partition coefficient (Wildman–Crippen LogP) is 2.71. The molecule has 0 aliphatic heterocycles. The number of hydrogen-bond acceptors (Lipinski definition) is 5. The molecule has 0 aliphatic rings. The molecule has 0 radical (unpaired) electrons. The van der Waals surface area contributed by atoms with Gasteiger partial charge in [-0.2, -0.15) is 0 Å². The molecule has 122 valence electrons. The van der Waals surface area contributed by atoms with Crippen LogP contribution >= 0.6 is 0 Å². The van der Waals surface area contributed by atoms with E-state index in [1.807, 2.05) is 6.92 Å². The summed E-state index contributed by atoms with van der Waals surface area (Å²) in [6.45, 7) is 3.67. The molecule has 0 bridgehead atoms. The number of furan rings is 1. The topological polar surface area (TPSA) is 77.8 Å². The Bertz CT molecular complexity index is 651. The van der Waals surface area contributed by atoms with Crippen molar-refractivity contribution in [2.45, 2.75) is 19.9 Å². The van der Waals surface area contributed by atoms with Gasteiger partial charge in [0.25, 0.3) is 5.91 Å². The highest BCUT2D eigenvalue weighted by molar-refractivity contribution is 5.94. The molecule has 1 N–H and O–H groups in total. The van der Waals surface area contributed by atoms with E-state index in [2.05, 4.69) is 5.32 Å². The normalized spacial score (nSPS) is 11.6. The van der Waals surface area contributed by atoms with Crippen LogP contribution in [-0.2, 0) is 9.53 Å². The van der Waals surface area contributed by atoms with E-state index in [-0.39, 0.29) is 12.6 Å². The van der Waals surface area contributed by atoms with Crippen LogP contribution in [0.4, 0.5) is 0 Å². The van der Waals surface area contributed by atoms with Gasteiger partial charge in [-0.3, -0.25) is 4.79 Å². The lowest BCUT2D eigenvalue weighted by Gasteiger charge is -2.12. The summed E-state index contributed by atoms with van der Waals surface area (Å²) < 4.78 is 15.6. The smallest absolute Gasteiger partial charge is 0.342 e. The number of amides is 1. The average Bonchev–Trinajstić information content (AvgIpc) is 3.08. The summed E-state index contributed by atoms with van der Waals surface area (Å²) in [5, 5.41) is 2.69. The van der Waals surface area contributed by atoms with Gasteiger partial charge in [0, 0.05) is 0 Å². The number of ether oxygens (including phenoxy) is 2. The first-order valence-electron chi connectivity index (χ1n) is 7.33. The Morgan fingerprint density at radius 2 is 2.00 bits per heavy atom. The lowest BCUT2D eigenvalue weighted by Crippen LogP contribution is -2.31. The largest absolute Gasteiger partial charge is 0.493 e. The van der Waals surface area contributed by atoms with Crippen molar-refractivity contribution in [3.63, 3.8) is 0 Å². The van der Waals surface area contributed by atoms with E-state index in [0.29, 0.717) is 23.7 Å². The minimum absolute atomic E-state index is 0.293. The van der Waals surface area contributed by atoms with E-state index in [9.17, 15) is 9.59 Å². The van der Waals surface area contributed by atoms with Crippen molar-refractivity contribution in [3.8, 4) is 5.75 Å². The zero-order valence-electron chi connectivity index (χ0n) is 13.1. The lowest BCUT2D eigenvalue weighted by molar-refractivity contribution is -0.125. The second kappa shape index (κ2) is 8.03. The van der Waals surface area contributed by atoms with Crippen LogP contribution in [0.15, 0.2) is 47.1 Å². The van der Waals surface area contributed by atoms with Crippen LogP contribution in [0, 0.1) is 0 Å². The first kappa shape index (κ1) is 16.6. The van der Waals surface area contributed by atoms with Gasteiger partial charge in [-0.15, -0.1) is 0 Å². The molecule has 23 heavy (non-hydrogen) atoms. The highest BCUT2D eigenvalue weighted by atomic mass is 16.5. The summed E-state index contributed by atoms with van der Waals surface area (Å²) in [7, 11) is 0. The molecule has 0 saturated carbocycles. The van der Waals surface area contributed by atoms with Gasteiger partial charge in [0.2, 0.25) is 0 Å². The van der Waals surface area contributed by atoms with Gasteiger partial charge in [-0.1, -0.05) is 12.1 Å². The van der Waals surface area contributed by atoms with Crippen LogP contribution in [0.3, 0.4) is 0 Å². The van der Waals surface area contributed by atoms with E-state index in [1.165, 1.54) is 6.26 Å². The van der Waals surface area contributed by atoms with E-state index in [4.69, 9.17) is 13.9 Å². The molecule has 1 aromatic heterocycles. The van der Waals surface area contributed by atoms with Crippen LogP contribution in [0.25, 0.3) is 0 Å². The van der Waals surface area contributed by atoms with Gasteiger partial charge in [-0.05, 0) is 38.1 Å². The van der Waals surface area contributed by atoms with Crippen molar-refractivity contribution < 1.29 is 23.5 Å². The van der Waals surface area contributed by atoms with Crippen molar-refractivity contribution in [1.29, 1.82) is 0 Å². The summed E-state index contributed by atoms with van der Waals surface area (Å²) in [6.07, 6.45) is 1.53. The van der Waals surface area contributed by atoms with Crippen LogP contribution in [0.2, 0.25) is 0 Å². The molecule has 0 aliphatic carbocycles. The maximum Gasteiger partial charge on any atom is 0.342 e. The SMILES string of the molecule is CCOc1ccccc1C(=O)OCC(=O)N[C@@H](C)c1ccco1. The third-order valence-electron chi connectivity index (χ3n) is 3.09. The number of carbonyl (C=O) groups is 2. The molecular formula is C17H19NO5. The molecule has 1 atom stereocenters. The molecule has 2 rings (SSSR count). The Kier molecular flexibility index (Phi) is 5.80. The van der Waals surface area contributed by atoms with Gasteiger partial charge in [-0.25, -0.2) is 4.79 Å². The van der Waals surface area contributed by atoms with Crippen molar-refractivity contribution in [1.82, 2.24) is 5.32 Å². The van der Waals surface area contributed by atoms with Gasteiger partial charge in [0.1, 0.15) is 17.1 Å². The van der Waals surface area contributed by atoms with Crippen molar-refractivity contribution in [3.05, 3.63) is 54.0 Å². The summed E-state index contributed by atoms with van der Waals surface area (Å²) in [5.41, 5.74) is 0.293. The maximum absolute atomic E-state index is 12.1. The first-order valence-corrected chi connectivity index (χ1v) is 7.33. The van der Waals surface area contributed by atoms with E-state index in [1.54, 1.807) is 43.3 Å². The number of para-hydroxylation sites is 1. The monoisotopic (exact) mass is 317 g/mol. The Hall–Kier alpha value is -2.76.